The summed E-state index contributed by atoms with van der Waals surface area (Å²) in [6.07, 6.45) is 6.46. The Balaban J connectivity index is 1.88. The zero-order valence-electron chi connectivity index (χ0n) is 10.1. The molecule has 1 unspecified atom stereocenters. The molecule has 3 nitrogen and oxygen atoms in total. The molecule has 0 N–H and O–H groups in total. The highest BCUT2D eigenvalue weighted by Gasteiger charge is 2.29. The monoisotopic (exact) mass is 223 g/mol. The molecule has 90 valence electrons. The van der Waals surface area contributed by atoms with Crippen molar-refractivity contribution in [1.29, 1.82) is 0 Å². The Morgan fingerprint density at radius 2 is 1.94 bits per heavy atom. The Labute approximate surface area is 97.2 Å². The maximum Gasteiger partial charge on any atom is 0.225 e. The first-order chi connectivity index (χ1) is 7.68. The lowest BCUT2D eigenvalue weighted by atomic mass is 9.97. The molecular formula is C13H21NO2. The number of Topliss-reactive ketones (excluding diaryl/α,β-unsaturated/α-hetero) is 1. The summed E-state index contributed by atoms with van der Waals surface area (Å²) < 4.78 is 0. The molecule has 1 amide bonds. The second-order valence-electron chi connectivity index (χ2n) is 5.25. The van der Waals surface area contributed by atoms with Crippen molar-refractivity contribution in [2.24, 2.45) is 11.8 Å². The highest BCUT2D eigenvalue weighted by molar-refractivity contribution is 5.88. The summed E-state index contributed by atoms with van der Waals surface area (Å²) in [6.45, 7) is 3.12. The summed E-state index contributed by atoms with van der Waals surface area (Å²) in [5.74, 6) is 0.827. The average Bonchev–Trinajstić information content (AvgIpc) is 2.78. The van der Waals surface area contributed by atoms with Crippen molar-refractivity contribution in [3.8, 4) is 0 Å². The molecule has 3 heteroatoms. The van der Waals surface area contributed by atoms with Crippen molar-refractivity contribution >= 4 is 11.7 Å². The Kier molecular flexibility index (Phi) is 3.62. The molecule has 0 aromatic carbocycles. The number of carbonyl (C=O) groups excluding carboxylic acids is 2. The van der Waals surface area contributed by atoms with Crippen LogP contribution >= 0.6 is 0 Å². The summed E-state index contributed by atoms with van der Waals surface area (Å²) in [5.41, 5.74) is 0. The molecular weight excluding hydrogens is 202 g/mol. The van der Waals surface area contributed by atoms with Crippen molar-refractivity contribution in [3.63, 3.8) is 0 Å². The van der Waals surface area contributed by atoms with Gasteiger partial charge in [-0.25, -0.2) is 0 Å². The van der Waals surface area contributed by atoms with E-state index in [4.69, 9.17) is 0 Å². The topological polar surface area (TPSA) is 37.4 Å². The Morgan fingerprint density at radius 1 is 1.25 bits per heavy atom. The molecule has 1 atom stereocenters. The average molecular weight is 223 g/mol. The molecule has 16 heavy (non-hydrogen) atoms. The molecule has 2 fully saturated rings. The smallest absolute Gasteiger partial charge is 0.225 e. The number of hydrogen-bond acceptors (Lipinski definition) is 2. The maximum absolute atomic E-state index is 12.0. The molecule has 0 aromatic rings. The van der Waals surface area contributed by atoms with E-state index in [-0.39, 0.29) is 17.7 Å². The molecule has 1 aliphatic carbocycles. The fourth-order valence-corrected chi connectivity index (χ4v) is 2.86. The minimum Gasteiger partial charge on any atom is -0.335 e. The third kappa shape index (κ3) is 2.45. The minimum absolute atomic E-state index is 0.116. The van der Waals surface area contributed by atoms with Crippen LogP contribution in [0.3, 0.4) is 0 Å². The van der Waals surface area contributed by atoms with Crippen molar-refractivity contribution in [2.45, 2.75) is 45.4 Å². The second kappa shape index (κ2) is 4.98. The first-order valence-electron chi connectivity index (χ1n) is 6.50. The predicted octanol–water partition coefficient (Wildman–Crippen LogP) is 2.00. The number of piperidine rings is 1. The van der Waals surface area contributed by atoms with Crippen LogP contribution in [-0.4, -0.2) is 29.7 Å². The van der Waals surface area contributed by atoms with E-state index in [1.54, 1.807) is 4.90 Å². The number of rotatable bonds is 3. The highest BCUT2D eigenvalue weighted by atomic mass is 16.2. The fraction of sp³-hybridized carbons (Fsp3) is 0.846. The van der Waals surface area contributed by atoms with Crippen LogP contribution in [0.15, 0.2) is 0 Å². The van der Waals surface area contributed by atoms with Crippen LogP contribution in [0, 0.1) is 11.8 Å². The molecule has 1 heterocycles. The van der Waals surface area contributed by atoms with Gasteiger partial charge >= 0.3 is 0 Å². The fourth-order valence-electron chi connectivity index (χ4n) is 2.86. The number of ketones is 1. The van der Waals surface area contributed by atoms with Gasteiger partial charge in [0.1, 0.15) is 0 Å². The Bertz CT molecular complexity index is 282. The summed E-state index contributed by atoms with van der Waals surface area (Å²) >= 11 is 0. The van der Waals surface area contributed by atoms with E-state index in [0.29, 0.717) is 12.3 Å². The largest absolute Gasteiger partial charge is 0.335 e. The number of likely N-dealkylation sites (tertiary alicyclic amines) is 1. The summed E-state index contributed by atoms with van der Waals surface area (Å²) in [7, 11) is 0. The zero-order valence-corrected chi connectivity index (χ0v) is 10.1. The zero-order chi connectivity index (χ0) is 11.5. The van der Waals surface area contributed by atoms with Gasteiger partial charge in [0, 0.05) is 18.4 Å². The van der Waals surface area contributed by atoms with E-state index < -0.39 is 0 Å². The van der Waals surface area contributed by atoms with Gasteiger partial charge in [-0.2, -0.15) is 0 Å². The van der Waals surface area contributed by atoms with E-state index in [0.717, 1.165) is 32.2 Å². The number of amides is 1. The van der Waals surface area contributed by atoms with Crippen LogP contribution in [0.1, 0.15) is 45.4 Å². The lowest BCUT2D eigenvalue weighted by Gasteiger charge is -2.30. The number of hydrogen-bond donors (Lipinski definition) is 0. The molecule has 1 saturated carbocycles. The lowest BCUT2D eigenvalue weighted by Crippen LogP contribution is -2.44. The van der Waals surface area contributed by atoms with Crippen molar-refractivity contribution in [3.05, 3.63) is 0 Å². The SMILES string of the molecule is CC1CCCN(CC(=O)C2CCCC2)C1=O. The summed E-state index contributed by atoms with van der Waals surface area (Å²) in [4.78, 5) is 25.6. The van der Waals surface area contributed by atoms with Gasteiger partial charge in [0.2, 0.25) is 5.91 Å². The van der Waals surface area contributed by atoms with E-state index in [1.165, 1.54) is 12.8 Å². The summed E-state index contributed by atoms with van der Waals surface area (Å²) in [6, 6.07) is 0. The highest BCUT2D eigenvalue weighted by Crippen LogP contribution is 2.26. The van der Waals surface area contributed by atoms with Crippen LogP contribution in [0.25, 0.3) is 0 Å². The Hall–Kier alpha value is -0.860. The van der Waals surface area contributed by atoms with Gasteiger partial charge in [-0.3, -0.25) is 9.59 Å². The molecule has 0 bridgehead atoms. The lowest BCUT2D eigenvalue weighted by molar-refractivity contribution is -0.141. The van der Waals surface area contributed by atoms with Crippen LogP contribution in [-0.2, 0) is 9.59 Å². The van der Waals surface area contributed by atoms with Gasteiger partial charge in [0.25, 0.3) is 0 Å². The van der Waals surface area contributed by atoms with Gasteiger partial charge < -0.3 is 4.90 Å². The van der Waals surface area contributed by atoms with Crippen molar-refractivity contribution < 1.29 is 9.59 Å². The van der Waals surface area contributed by atoms with E-state index in [2.05, 4.69) is 0 Å². The third-order valence-corrected chi connectivity index (χ3v) is 3.96. The maximum atomic E-state index is 12.0. The third-order valence-electron chi connectivity index (χ3n) is 3.96. The number of carbonyl (C=O) groups is 2. The molecule has 0 aromatic heterocycles. The van der Waals surface area contributed by atoms with Crippen LogP contribution < -0.4 is 0 Å². The first-order valence-corrected chi connectivity index (χ1v) is 6.50. The molecule has 1 aliphatic heterocycles. The van der Waals surface area contributed by atoms with Gasteiger partial charge in [0.05, 0.1) is 6.54 Å². The van der Waals surface area contributed by atoms with Crippen LogP contribution in [0.4, 0.5) is 0 Å². The standard InChI is InChI=1S/C13H21NO2/c1-10-5-4-8-14(13(10)16)9-12(15)11-6-2-3-7-11/h10-11H,2-9H2,1H3. The first kappa shape index (κ1) is 11.6. The van der Waals surface area contributed by atoms with E-state index in [1.807, 2.05) is 6.92 Å². The predicted molar refractivity (Wildman–Crippen MR) is 61.9 cm³/mol. The molecule has 1 saturated heterocycles. The molecule has 0 spiro atoms. The summed E-state index contributed by atoms with van der Waals surface area (Å²) in [5, 5.41) is 0. The Morgan fingerprint density at radius 3 is 2.62 bits per heavy atom. The van der Waals surface area contributed by atoms with Gasteiger partial charge in [-0.15, -0.1) is 0 Å². The molecule has 2 aliphatic rings. The minimum atomic E-state index is 0.116. The van der Waals surface area contributed by atoms with Gasteiger partial charge in [-0.05, 0) is 25.7 Å². The van der Waals surface area contributed by atoms with Crippen molar-refractivity contribution in [2.75, 3.05) is 13.1 Å². The van der Waals surface area contributed by atoms with Crippen molar-refractivity contribution in [1.82, 2.24) is 4.90 Å². The van der Waals surface area contributed by atoms with Gasteiger partial charge in [0.15, 0.2) is 5.78 Å². The normalized spacial score (nSPS) is 27.4. The molecule has 2 rings (SSSR count). The number of nitrogens with zero attached hydrogens (tertiary/aromatic N) is 1. The molecule has 0 radical (unpaired) electrons. The van der Waals surface area contributed by atoms with Crippen LogP contribution in [0.5, 0.6) is 0 Å². The quantitative estimate of drug-likeness (QED) is 0.734. The second-order valence-corrected chi connectivity index (χ2v) is 5.25. The van der Waals surface area contributed by atoms with E-state index in [9.17, 15) is 9.59 Å². The van der Waals surface area contributed by atoms with E-state index >= 15 is 0 Å². The van der Waals surface area contributed by atoms with Crippen LogP contribution in [0.2, 0.25) is 0 Å². The van der Waals surface area contributed by atoms with Gasteiger partial charge in [-0.1, -0.05) is 19.8 Å².